The van der Waals surface area contributed by atoms with E-state index in [1.54, 1.807) is 7.11 Å². The lowest BCUT2D eigenvalue weighted by Gasteiger charge is -2.16. The summed E-state index contributed by atoms with van der Waals surface area (Å²) in [5, 5.41) is 0. The molecular formula is C35H27FN2O. The molecule has 2 heterocycles. The number of rotatable bonds is 7. The van der Waals surface area contributed by atoms with Crippen LogP contribution in [-0.4, -0.2) is 16.7 Å². The maximum absolute atomic E-state index is 14.1. The minimum Gasteiger partial charge on any atom is -0.497 e. The molecule has 0 aliphatic carbocycles. The Hall–Kier alpha value is -4.96. The van der Waals surface area contributed by atoms with Crippen LogP contribution in [0, 0.1) is 5.82 Å². The van der Waals surface area contributed by atoms with Crippen molar-refractivity contribution in [3.8, 4) is 45.1 Å². The number of hydrogen-bond acceptors (Lipinski definition) is 2. The minimum atomic E-state index is -0.267. The predicted molar refractivity (Wildman–Crippen MR) is 156 cm³/mol. The van der Waals surface area contributed by atoms with Crippen molar-refractivity contribution in [2.75, 3.05) is 7.11 Å². The van der Waals surface area contributed by atoms with Crippen molar-refractivity contribution >= 4 is 0 Å². The minimum absolute atomic E-state index is 0.267. The Bertz CT molecular complexity index is 1680. The highest BCUT2D eigenvalue weighted by Gasteiger charge is 2.27. The van der Waals surface area contributed by atoms with E-state index in [1.807, 2.05) is 66.9 Å². The van der Waals surface area contributed by atoms with E-state index in [4.69, 9.17) is 9.72 Å². The zero-order valence-electron chi connectivity index (χ0n) is 21.6. The third-order valence-corrected chi connectivity index (χ3v) is 6.92. The standard InChI is InChI=1S/C35H27FN2O/c1-39-30-21-19-29(20-22-30)38-32(24-25-10-4-2-5-11-25)34(31-14-8-9-23-37-31)33(26-12-6-3-7-13-26)35(38)27-15-17-28(36)18-16-27/h2-23H,24H2,1H3. The monoisotopic (exact) mass is 510 g/mol. The van der Waals surface area contributed by atoms with Crippen molar-refractivity contribution in [1.29, 1.82) is 0 Å². The fourth-order valence-corrected chi connectivity index (χ4v) is 5.15. The highest BCUT2D eigenvalue weighted by molar-refractivity contribution is 5.96. The summed E-state index contributed by atoms with van der Waals surface area (Å²) in [6, 6.07) is 41.7. The molecule has 0 atom stereocenters. The van der Waals surface area contributed by atoms with Gasteiger partial charge in [0.25, 0.3) is 0 Å². The van der Waals surface area contributed by atoms with Crippen molar-refractivity contribution < 1.29 is 9.13 Å². The van der Waals surface area contributed by atoms with Crippen LogP contribution in [0.2, 0.25) is 0 Å². The van der Waals surface area contributed by atoms with Crippen LogP contribution in [0.5, 0.6) is 5.75 Å². The molecule has 0 bridgehead atoms. The number of ether oxygens (including phenoxy) is 1. The molecule has 0 unspecified atom stereocenters. The Morgan fingerprint density at radius 2 is 1.33 bits per heavy atom. The third kappa shape index (κ3) is 4.85. The molecule has 0 saturated heterocycles. The smallest absolute Gasteiger partial charge is 0.123 e. The molecule has 4 aromatic carbocycles. The molecule has 0 aliphatic heterocycles. The van der Waals surface area contributed by atoms with E-state index in [0.717, 1.165) is 50.8 Å². The van der Waals surface area contributed by atoms with Crippen LogP contribution in [0.4, 0.5) is 4.39 Å². The van der Waals surface area contributed by atoms with Gasteiger partial charge in [0, 0.05) is 35.1 Å². The van der Waals surface area contributed by atoms with Gasteiger partial charge in [-0.05, 0) is 77.4 Å². The van der Waals surface area contributed by atoms with Crippen LogP contribution in [0.15, 0.2) is 134 Å². The van der Waals surface area contributed by atoms with Crippen LogP contribution < -0.4 is 4.74 Å². The Morgan fingerprint density at radius 1 is 0.667 bits per heavy atom. The van der Waals surface area contributed by atoms with Crippen LogP contribution in [0.3, 0.4) is 0 Å². The summed E-state index contributed by atoms with van der Waals surface area (Å²) in [6.07, 6.45) is 2.51. The quantitative estimate of drug-likeness (QED) is 0.215. The van der Waals surface area contributed by atoms with E-state index in [9.17, 15) is 4.39 Å². The Labute approximate surface area is 227 Å². The second-order valence-corrected chi connectivity index (χ2v) is 9.33. The normalized spacial score (nSPS) is 10.9. The van der Waals surface area contributed by atoms with Gasteiger partial charge < -0.3 is 9.30 Å². The average Bonchev–Trinajstić information content (AvgIpc) is 3.33. The van der Waals surface area contributed by atoms with E-state index in [0.29, 0.717) is 6.42 Å². The number of aromatic nitrogens is 2. The first-order valence-corrected chi connectivity index (χ1v) is 12.9. The predicted octanol–water partition coefficient (Wildman–Crippen LogP) is 8.61. The molecule has 3 nitrogen and oxygen atoms in total. The molecule has 0 radical (unpaired) electrons. The Balaban J connectivity index is 1.77. The fraction of sp³-hybridized carbons (Fsp3) is 0.0571. The summed E-state index contributed by atoms with van der Waals surface area (Å²) in [6.45, 7) is 0. The van der Waals surface area contributed by atoms with Gasteiger partial charge in [-0.15, -0.1) is 0 Å². The van der Waals surface area contributed by atoms with E-state index in [2.05, 4.69) is 59.2 Å². The van der Waals surface area contributed by atoms with Gasteiger partial charge in [0.15, 0.2) is 0 Å². The Kier molecular flexibility index (Phi) is 6.75. The van der Waals surface area contributed by atoms with Gasteiger partial charge in [-0.2, -0.15) is 0 Å². The van der Waals surface area contributed by atoms with Gasteiger partial charge in [0.05, 0.1) is 18.5 Å². The largest absolute Gasteiger partial charge is 0.497 e. The summed E-state index contributed by atoms with van der Waals surface area (Å²) in [5.41, 5.74) is 9.25. The molecule has 190 valence electrons. The molecule has 6 aromatic rings. The van der Waals surface area contributed by atoms with Crippen molar-refractivity contribution in [1.82, 2.24) is 9.55 Å². The zero-order valence-corrected chi connectivity index (χ0v) is 21.6. The molecule has 0 saturated carbocycles. The van der Waals surface area contributed by atoms with Crippen LogP contribution in [0.1, 0.15) is 11.3 Å². The van der Waals surface area contributed by atoms with Gasteiger partial charge in [-0.3, -0.25) is 4.98 Å². The maximum Gasteiger partial charge on any atom is 0.123 e. The molecule has 0 aliphatic rings. The average molecular weight is 511 g/mol. The van der Waals surface area contributed by atoms with Crippen molar-refractivity contribution in [2.45, 2.75) is 6.42 Å². The van der Waals surface area contributed by atoms with Crippen molar-refractivity contribution in [3.63, 3.8) is 0 Å². The molecular weight excluding hydrogens is 483 g/mol. The molecule has 39 heavy (non-hydrogen) atoms. The number of benzene rings is 4. The van der Waals surface area contributed by atoms with E-state index < -0.39 is 0 Å². The van der Waals surface area contributed by atoms with Crippen LogP contribution >= 0.6 is 0 Å². The SMILES string of the molecule is COc1ccc(-n2c(Cc3ccccc3)c(-c3ccccn3)c(-c3ccccc3)c2-c2ccc(F)cc2)cc1. The third-order valence-electron chi connectivity index (χ3n) is 6.92. The van der Waals surface area contributed by atoms with Gasteiger partial charge in [0.2, 0.25) is 0 Å². The second kappa shape index (κ2) is 10.8. The number of nitrogens with zero attached hydrogens (tertiary/aromatic N) is 2. The van der Waals surface area contributed by atoms with Gasteiger partial charge in [-0.25, -0.2) is 4.39 Å². The van der Waals surface area contributed by atoms with E-state index in [1.165, 1.54) is 17.7 Å². The lowest BCUT2D eigenvalue weighted by Crippen LogP contribution is -2.04. The zero-order chi connectivity index (χ0) is 26.6. The van der Waals surface area contributed by atoms with Gasteiger partial charge in [-0.1, -0.05) is 66.7 Å². The van der Waals surface area contributed by atoms with E-state index >= 15 is 0 Å². The Morgan fingerprint density at radius 3 is 1.97 bits per heavy atom. The molecule has 0 fully saturated rings. The summed E-state index contributed by atoms with van der Waals surface area (Å²) in [7, 11) is 1.67. The molecule has 4 heteroatoms. The van der Waals surface area contributed by atoms with Gasteiger partial charge in [0.1, 0.15) is 11.6 Å². The lowest BCUT2D eigenvalue weighted by molar-refractivity contribution is 0.414. The molecule has 6 rings (SSSR count). The highest BCUT2D eigenvalue weighted by atomic mass is 19.1. The lowest BCUT2D eigenvalue weighted by atomic mass is 9.94. The first-order chi connectivity index (χ1) is 19.2. The molecule has 0 amide bonds. The van der Waals surface area contributed by atoms with E-state index in [-0.39, 0.29) is 5.82 Å². The van der Waals surface area contributed by atoms with Crippen molar-refractivity contribution in [3.05, 3.63) is 151 Å². The second-order valence-electron chi connectivity index (χ2n) is 9.33. The number of methoxy groups -OCH3 is 1. The first-order valence-electron chi connectivity index (χ1n) is 12.9. The first kappa shape index (κ1) is 24.4. The van der Waals surface area contributed by atoms with Crippen LogP contribution in [-0.2, 0) is 6.42 Å². The van der Waals surface area contributed by atoms with Crippen molar-refractivity contribution in [2.24, 2.45) is 0 Å². The molecule has 2 aromatic heterocycles. The number of hydrogen-bond donors (Lipinski definition) is 0. The number of pyridine rings is 1. The number of halogens is 1. The maximum atomic E-state index is 14.1. The highest BCUT2D eigenvalue weighted by Crippen LogP contribution is 2.46. The summed E-state index contributed by atoms with van der Waals surface area (Å²) in [5.74, 6) is 0.518. The molecule has 0 spiro atoms. The summed E-state index contributed by atoms with van der Waals surface area (Å²) < 4.78 is 21.9. The summed E-state index contributed by atoms with van der Waals surface area (Å²) in [4.78, 5) is 4.83. The molecule has 0 N–H and O–H groups in total. The van der Waals surface area contributed by atoms with Gasteiger partial charge >= 0.3 is 0 Å². The summed E-state index contributed by atoms with van der Waals surface area (Å²) >= 11 is 0. The topological polar surface area (TPSA) is 27.1 Å². The fourth-order valence-electron chi connectivity index (χ4n) is 5.15. The van der Waals surface area contributed by atoms with Crippen LogP contribution in [0.25, 0.3) is 39.3 Å².